The Morgan fingerprint density at radius 1 is 1.35 bits per heavy atom. The molecule has 1 heterocycles. The van der Waals surface area contributed by atoms with Gasteiger partial charge in [-0.15, -0.1) is 0 Å². The summed E-state index contributed by atoms with van der Waals surface area (Å²) in [6, 6.07) is 0. The number of nitrogens with one attached hydrogen (secondary N) is 1. The molecule has 1 fully saturated rings. The molecule has 130 valence electrons. The van der Waals surface area contributed by atoms with Gasteiger partial charge in [0.2, 0.25) is 5.91 Å². The Hall–Kier alpha value is -1.36. The molecule has 0 aliphatic heterocycles. The van der Waals surface area contributed by atoms with Gasteiger partial charge in [0.1, 0.15) is 5.76 Å². The van der Waals surface area contributed by atoms with Crippen LogP contribution in [0.4, 0.5) is 0 Å². The van der Waals surface area contributed by atoms with Crippen LogP contribution in [0, 0.1) is 25.2 Å². The summed E-state index contributed by atoms with van der Waals surface area (Å²) in [6.45, 7) is 10.7. The van der Waals surface area contributed by atoms with Crippen LogP contribution in [0.1, 0.15) is 63.5 Å². The number of aryl methyl sites for hydroxylation is 2. The van der Waals surface area contributed by atoms with Crippen LogP contribution in [0.25, 0.3) is 0 Å². The molecular weight excluding hydrogens is 292 g/mol. The molecule has 2 N–H and O–H groups in total. The Labute approximate surface area is 138 Å². The number of carbonyl (C=O) groups excluding carboxylic acids is 1. The third kappa shape index (κ3) is 4.56. The molecule has 1 saturated carbocycles. The molecule has 0 spiro atoms. The van der Waals surface area contributed by atoms with Crippen LogP contribution in [0.2, 0.25) is 0 Å². The molecule has 23 heavy (non-hydrogen) atoms. The summed E-state index contributed by atoms with van der Waals surface area (Å²) in [5, 5.41) is 17.4. The molecule has 0 radical (unpaired) electrons. The zero-order valence-corrected chi connectivity index (χ0v) is 15.0. The van der Waals surface area contributed by atoms with Crippen LogP contribution in [-0.4, -0.2) is 28.3 Å². The lowest BCUT2D eigenvalue weighted by Gasteiger charge is -2.41. The summed E-state index contributed by atoms with van der Waals surface area (Å²) < 4.78 is 5.07. The van der Waals surface area contributed by atoms with E-state index in [2.05, 4.69) is 31.2 Å². The van der Waals surface area contributed by atoms with Crippen molar-refractivity contribution in [3.8, 4) is 0 Å². The fourth-order valence-corrected chi connectivity index (χ4v) is 3.44. The second-order valence-electron chi connectivity index (χ2n) is 8.12. The summed E-state index contributed by atoms with van der Waals surface area (Å²) in [6.07, 6.45) is 3.78. The Bertz CT molecular complexity index is 530. The van der Waals surface area contributed by atoms with Crippen LogP contribution in [0.3, 0.4) is 0 Å². The minimum Gasteiger partial charge on any atom is -0.388 e. The molecule has 0 unspecified atom stereocenters. The van der Waals surface area contributed by atoms with E-state index < -0.39 is 5.60 Å². The van der Waals surface area contributed by atoms with Gasteiger partial charge in [0.25, 0.3) is 0 Å². The molecule has 0 aromatic carbocycles. The Morgan fingerprint density at radius 2 is 1.96 bits per heavy atom. The second-order valence-corrected chi connectivity index (χ2v) is 8.12. The number of amides is 1. The highest BCUT2D eigenvalue weighted by Crippen LogP contribution is 2.41. The third-order valence-electron chi connectivity index (χ3n) is 5.27. The highest BCUT2D eigenvalue weighted by atomic mass is 16.5. The molecule has 0 bridgehead atoms. The van der Waals surface area contributed by atoms with Gasteiger partial charge in [-0.25, -0.2) is 0 Å². The average molecular weight is 322 g/mol. The van der Waals surface area contributed by atoms with Crippen molar-refractivity contribution in [1.82, 2.24) is 10.5 Å². The van der Waals surface area contributed by atoms with Crippen molar-refractivity contribution < 1.29 is 14.4 Å². The molecule has 0 saturated heterocycles. The van der Waals surface area contributed by atoms with E-state index in [4.69, 9.17) is 4.52 Å². The molecule has 1 aromatic rings. The van der Waals surface area contributed by atoms with E-state index in [0.717, 1.165) is 36.9 Å². The first kappa shape index (κ1) is 18.0. The summed E-state index contributed by atoms with van der Waals surface area (Å²) in [5.41, 5.74) is 1.11. The SMILES string of the molecule is Cc1noc(C)c1CC(=O)NCC1(O)CCC(C(C)(C)C)CC1. The van der Waals surface area contributed by atoms with E-state index in [-0.39, 0.29) is 17.7 Å². The van der Waals surface area contributed by atoms with Crippen LogP contribution in [0.5, 0.6) is 0 Å². The number of rotatable bonds is 4. The van der Waals surface area contributed by atoms with Gasteiger partial charge in [0.15, 0.2) is 0 Å². The zero-order valence-electron chi connectivity index (χ0n) is 15.0. The predicted molar refractivity (Wildman–Crippen MR) is 89.1 cm³/mol. The maximum atomic E-state index is 12.1. The number of aromatic nitrogens is 1. The minimum absolute atomic E-state index is 0.0919. The lowest BCUT2D eigenvalue weighted by atomic mass is 9.68. The number of aliphatic hydroxyl groups is 1. The van der Waals surface area contributed by atoms with Crippen molar-refractivity contribution in [2.24, 2.45) is 11.3 Å². The van der Waals surface area contributed by atoms with Crippen molar-refractivity contribution >= 4 is 5.91 Å². The Balaban J connectivity index is 1.83. The topological polar surface area (TPSA) is 75.4 Å². The number of hydrogen-bond donors (Lipinski definition) is 2. The normalized spacial score (nSPS) is 25.4. The van der Waals surface area contributed by atoms with Gasteiger partial charge in [-0.2, -0.15) is 0 Å². The van der Waals surface area contributed by atoms with Crippen LogP contribution < -0.4 is 5.32 Å². The Kier molecular flexibility index (Phi) is 5.19. The van der Waals surface area contributed by atoms with Crippen molar-refractivity contribution in [1.29, 1.82) is 0 Å². The molecule has 5 heteroatoms. The van der Waals surface area contributed by atoms with Crippen molar-refractivity contribution in [3.05, 3.63) is 17.0 Å². The molecule has 1 aromatic heterocycles. The minimum atomic E-state index is -0.768. The fourth-order valence-electron chi connectivity index (χ4n) is 3.44. The highest BCUT2D eigenvalue weighted by molar-refractivity contribution is 5.79. The van der Waals surface area contributed by atoms with Gasteiger partial charge in [-0.3, -0.25) is 4.79 Å². The standard InChI is InChI=1S/C18H30N2O3/c1-12-15(13(2)23-20-12)10-16(21)19-11-18(22)8-6-14(7-9-18)17(3,4)5/h14,22H,6-11H2,1-5H3,(H,19,21). The summed E-state index contributed by atoms with van der Waals surface area (Å²) >= 11 is 0. The van der Waals surface area contributed by atoms with E-state index >= 15 is 0 Å². The van der Waals surface area contributed by atoms with E-state index in [0.29, 0.717) is 18.2 Å². The lowest BCUT2D eigenvalue weighted by molar-refractivity contribution is -0.122. The number of carbonyl (C=O) groups is 1. The van der Waals surface area contributed by atoms with Gasteiger partial charge in [-0.1, -0.05) is 25.9 Å². The third-order valence-corrected chi connectivity index (χ3v) is 5.27. The van der Waals surface area contributed by atoms with Gasteiger partial charge >= 0.3 is 0 Å². The van der Waals surface area contributed by atoms with E-state index in [9.17, 15) is 9.90 Å². The average Bonchev–Trinajstić information content (AvgIpc) is 2.77. The van der Waals surface area contributed by atoms with Gasteiger partial charge in [-0.05, 0) is 50.9 Å². The summed E-state index contributed by atoms with van der Waals surface area (Å²) in [4.78, 5) is 12.1. The second kappa shape index (κ2) is 6.63. The van der Waals surface area contributed by atoms with Gasteiger partial charge in [0.05, 0.1) is 17.7 Å². The smallest absolute Gasteiger partial charge is 0.224 e. The van der Waals surface area contributed by atoms with Crippen LogP contribution >= 0.6 is 0 Å². The number of nitrogens with zero attached hydrogens (tertiary/aromatic N) is 1. The van der Waals surface area contributed by atoms with Gasteiger partial charge < -0.3 is 14.9 Å². The molecule has 1 aliphatic rings. The monoisotopic (exact) mass is 322 g/mol. The van der Waals surface area contributed by atoms with Crippen LogP contribution in [0.15, 0.2) is 4.52 Å². The lowest BCUT2D eigenvalue weighted by Crippen LogP contribution is -2.46. The Morgan fingerprint density at radius 3 is 2.43 bits per heavy atom. The van der Waals surface area contributed by atoms with Crippen molar-refractivity contribution in [3.63, 3.8) is 0 Å². The van der Waals surface area contributed by atoms with Crippen LogP contribution in [-0.2, 0) is 11.2 Å². The van der Waals surface area contributed by atoms with Gasteiger partial charge in [0, 0.05) is 12.1 Å². The molecule has 1 aliphatic carbocycles. The summed E-state index contributed by atoms with van der Waals surface area (Å²) in [7, 11) is 0. The van der Waals surface area contributed by atoms with E-state index in [1.165, 1.54) is 0 Å². The molecule has 5 nitrogen and oxygen atoms in total. The van der Waals surface area contributed by atoms with Crippen molar-refractivity contribution in [2.45, 2.75) is 72.3 Å². The molecule has 2 rings (SSSR count). The predicted octanol–water partition coefficient (Wildman–Crippen LogP) is 2.92. The molecule has 0 atom stereocenters. The first-order valence-corrected chi connectivity index (χ1v) is 8.51. The molecular formula is C18H30N2O3. The quantitative estimate of drug-likeness (QED) is 0.894. The fraction of sp³-hybridized carbons (Fsp3) is 0.778. The first-order valence-electron chi connectivity index (χ1n) is 8.51. The highest BCUT2D eigenvalue weighted by Gasteiger charge is 2.37. The maximum Gasteiger partial charge on any atom is 0.224 e. The van der Waals surface area contributed by atoms with E-state index in [1.54, 1.807) is 0 Å². The summed E-state index contributed by atoms with van der Waals surface area (Å²) in [5.74, 6) is 1.23. The maximum absolute atomic E-state index is 12.1. The van der Waals surface area contributed by atoms with E-state index in [1.807, 2.05) is 13.8 Å². The van der Waals surface area contributed by atoms with Crippen molar-refractivity contribution in [2.75, 3.05) is 6.54 Å². The zero-order chi connectivity index (χ0) is 17.3. The largest absolute Gasteiger partial charge is 0.388 e. The first-order chi connectivity index (χ1) is 10.6. The molecule has 1 amide bonds. The number of hydrogen-bond acceptors (Lipinski definition) is 4.